The number of hydrogen-bond donors (Lipinski definition) is 2. The average Bonchev–Trinajstić information content (AvgIpc) is 3.15. The minimum absolute atomic E-state index is 0.138. The molecular formula is C23H21FN6O2S2. The van der Waals surface area contributed by atoms with Crippen molar-refractivity contribution in [1.29, 1.82) is 0 Å². The number of thiazole rings is 2. The number of anilines is 1. The van der Waals surface area contributed by atoms with E-state index >= 15 is 0 Å². The Kier molecular flexibility index (Phi) is 4.92. The zero-order valence-electron chi connectivity index (χ0n) is 18.2. The molecule has 2 aliphatic rings. The number of aromatic nitrogens is 3. The molecule has 2 amide bonds. The summed E-state index contributed by atoms with van der Waals surface area (Å²) >= 11 is 2.70. The number of nitrogen functional groups attached to an aromatic ring is 1. The number of nitrogens with zero attached hydrogens (tertiary/aromatic N) is 4. The van der Waals surface area contributed by atoms with Gasteiger partial charge in [0, 0.05) is 23.7 Å². The third kappa shape index (κ3) is 3.55. The molecule has 2 fully saturated rings. The van der Waals surface area contributed by atoms with E-state index in [1.54, 1.807) is 22.7 Å². The summed E-state index contributed by atoms with van der Waals surface area (Å²) in [4.78, 5) is 39.3. The van der Waals surface area contributed by atoms with Gasteiger partial charge in [-0.05, 0) is 43.4 Å². The van der Waals surface area contributed by atoms with E-state index < -0.39 is 0 Å². The van der Waals surface area contributed by atoms with Crippen molar-refractivity contribution in [3.8, 4) is 10.4 Å². The summed E-state index contributed by atoms with van der Waals surface area (Å²) in [7, 11) is 0. The molecule has 4 aromatic rings. The molecule has 0 radical (unpaired) electrons. The van der Waals surface area contributed by atoms with Crippen LogP contribution in [0.3, 0.4) is 0 Å². The minimum atomic E-state index is -0.387. The van der Waals surface area contributed by atoms with E-state index in [9.17, 15) is 14.0 Å². The second-order valence-electron chi connectivity index (χ2n) is 8.75. The van der Waals surface area contributed by atoms with Crippen molar-refractivity contribution in [3.63, 3.8) is 0 Å². The van der Waals surface area contributed by atoms with Gasteiger partial charge in [0.25, 0.3) is 11.8 Å². The Hall–Kier alpha value is -3.31. The van der Waals surface area contributed by atoms with Crippen molar-refractivity contribution >= 4 is 44.6 Å². The number of hydrogen-bond acceptors (Lipinski definition) is 7. The minimum Gasteiger partial charge on any atom is -0.375 e. The fraction of sp³-hybridized carbons (Fsp3) is 0.304. The number of imidazole rings is 1. The van der Waals surface area contributed by atoms with Crippen LogP contribution in [-0.4, -0.2) is 49.7 Å². The van der Waals surface area contributed by atoms with Gasteiger partial charge in [-0.2, -0.15) is 0 Å². The lowest BCUT2D eigenvalue weighted by Crippen LogP contribution is -2.45. The van der Waals surface area contributed by atoms with E-state index in [-0.39, 0.29) is 40.5 Å². The van der Waals surface area contributed by atoms with Crippen LogP contribution < -0.4 is 11.1 Å². The highest BCUT2D eigenvalue weighted by atomic mass is 32.1. The van der Waals surface area contributed by atoms with Crippen molar-refractivity contribution < 1.29 is 14.0 Å². The third-order valence-corrected chi connectivity index (χ3v) is 8.28. The fourth-order valence-electron chi connectivity index (χ4n) is 4.85. The maximum atomic E-state index is 13.8. The van der Waals surface area contributed by atoms with E-state index in [4.69, 9.17) is 5.73 Å². The van der Waals surface area contributed by atoms with E-state index in [1.165, 1.54) is 34.8 Å². The summed E-state index contributed by atoms with van der Waals surface area (Å²) in [5, 5.41) is 3.24. The first kappa shape index (κ1) is 21.2. The summed E-state index contributed by atoms with van der Waals surface area (Å²) in [6, 6.07) is 6.07. The molecule has 1 aromatic carbocycles. The highest BCUT2D eigenvalue weighted by Crippen LogP contribution is 2.49. The van der Waals surface area contributed by atoms with Crippen LogP contribution in [0.5, 0.6) is 0 Å². The maximum Gasteiger partial charge on any atom is 0.274 e. The number of piperidine rings is 1. The number of rotatable bonds is 5. The van der Waals surface area contributed by atoms with Gasteiger partial charge in [-0.25, -0.2) is 14.4 Å². The molecule has 3 N–H and O–H groups in total. The first-order chi connectivity index (χ1) is 16.4. The molecule has 1 aliphatic carbocycles. The lowest BCUT2D eigenvalue weighted by molar-refractivity contribution is 0.0684. The normalized spacial score (nSPS) is 21.1. The molecule has 0 bridgehead atoms. The number of carbonyl (C=O) groups excluding carboxylic acids is 2. The van der Waals surface area contributed by atoms with Gasteiger partial charge < -0.3 is 16.0 Å². The zero-order valence-corrected chi connectivity index (χ0v) is 19.8. The van der Waals surface area contributed by atoms with Gasteiger partial charge >= 0.3 is 0 Å². The molecule has 1 aliphatic heterocycles. The van der Waals surface area contributed by atoms with Crippen molar-refractivity contribution in [3.05, 3.63) is 58.7 Å². The van der Waals surface area contributed by atoms with Gasteiger partial charge in [0.15, 0.2) is 10.1 Å². The smallest absolute Gasteiger partial charge is 0.274 e. The van der Waals surface area contributed by atoms with Crippen LogP contribution in [0.25, 0.3) is 15.4 Å². The molecule has 6 rings (SSSR count). The number of amides is 2. The van der Waals surface area contributed by atoms with Crippen LogP contribution in [0.4, 0.5) is 9.52 Å². The average molecular weight is 497 g/mol. The Bertz CT molecular complexity index is 1440. The van der Waals surface area contributed by atoms with Crippen LogP contribution >= 0.6 is 22.7 Å². The molecule has 3 atom stereocenters. The maximum absolute atomic E-state index is 13.8. The molecule has 3 aromatic heterocycles. The molecule has 0 spiro atoms. The summed E-state index contributed by atoms with van der Waals surface area (Å²) in [5.41, 5.74) is 7.24. The quantitative estimate of drug-likeness (QED) is 0.439. The van der Waals surface area contributed by atoms with E-state index in [1.807, 2.05) is 18.0 Å². The Morgan fingerprint density at radius 2 is 2.15 bits per heavy atom. The van der Waals surface area contributed by atoms with Gasteiger partial charge in [0.05, 0.1) is 17.1 Å². The van der Waals surface area contributed by atoms with Gasteiger partial charge in [-0.3, -0.25) is 14.0 Å². The van der Waals surface area contributed by atoms with Crippen molar-refractivity contribution in [2.75, 3.05) is 12.3 Å². The highest BCUT2D eigenvalue weighted by molar-refractivity contribution is 7.19. The monoisotopic (exact) mass is 496 g/mol. The summed E-state index contributed by atoms with van der Waals surface area (Å²) < 4.78 is 15.6. The first-order valence-corrected chi connectivity index (χ1v) is 12.6. The molecule has 11 heteroatoms. The van der Waals surface area contributed by atoms with Crippen LogP contribution in [0.2, 0.25) is 0 Å². The van der Waals surface area contributed by atoms with Gasteiger partial charge in [0.1, 0.15) is 17.2 Å². The third-order valence-electron chi connectivity index (χ3n) is 6.44. The van der Waals surface area contributed by atoms with Crippen molar-refractivity contribution in [2.45, 2.75) is 31.8 Å². The number of aryl methyl sites for hydroxylation is 1. The van der Waals surface area contributed by atoms with Crippen LogP contribution in [-0.2, 0) is 0 Å². The highest BCUT2D eigenvalue weighted by Gasteiger charge is 2.54. The lowest BCUT2D eigenvalue weighted by Gasteiger charge is -2.27. The summed E-state index contributed by atoms with van der Waals surface area (Å²) in [5.74, 6) is -0.407. The molecule has 34 heavy (non-hydrogen) atoms. The molecule has 1 saturated carbocycles. The predicted octanol–water partition coefficient (Wildman–Crippen LogP) is 3.58. The zero-order chi connectivity index (χ0) is 23.6. The van der Waals surface area contributed by atoms with E-state index in [0.717, 1.165) is 22.7 Å². The number of nitrogens with one attached hydrogen (secondary N) is 1. The van der Waals surface area contributed by atoms with Crippen LogP contribution in [0.15, 0.2) is 36.7 Å². The number of carbonyl (C=O) groups is 2. The molecule has 4 heterocycles. The van der Waals surface area contributed by atoms with Gasteiger partial charge in [0.2, 0.25) is 0 Å². The SMILES string of the molecule is Cc1cn2c(C(=O)NC[C@@H]3CC4CC4N3C(=O)c3nc(N)sc3-c3cccc(F)c3)cnc2s1. The lowest BCUT2D eigenvalue weighted by atomic mass is 10.1. The molecule has 1 saturated heterocycles. The molecule has 8 nitrogen and oxygen atoms in total. The topological polar surface area (TPSA) is 106 Å². The Balaban J connectivity index is 1.23. The number of benzene rings is 1. The Morgan fingerprint density at radius 3 is 2.97 bits per heavy atom. The van der Waals surface area contributed by atoms with E-state index in [0.29, 0.717) is 28.6 Å². The summed E-state index contributed by atoms with van der Waals surface area (Å²) in [6.45, 7) is 2.31. The van der Waals surface area contributed by atoms with Crippen LogP contribution in [0.1, 0.15) is 38.7 Å². The second-order valence-corrected chi connectivity index (χ2v) is 11.0. The fourth-order valence-corrected chi connectivity index (χ4v) is 6.47. The Labute approximate surface area is 202 Å². The second kappa shape index (κ2) is 7.88. The van der Waals surface area contributed by atoms with Crippen molar-refractivity contribution in [1.82, 2.24) is 24.6 Å². The number of likely N-dealkylation sites (tertiary alicyclic amines) is 1. The van der Waals surface area contributed by atoms with Gasteiger partial charge in [-0.1, -0.05) is 23.5 Å². The molecule has 2 unspecified atom stereocenters. The van der Waals surface area contributed by atoms with Crippen molar-refractivity contribution in [2.24, 2.45) is 5.92 Å². The number of nitrogens with two attached hydrogens (primary N) is 1. The van der Waals surface area contributed by atoms with Gasteiger partial charge in [-0.15, -0.1) is 11.3 Å². The molecule has 174 valence electrons. The predicted molar refractivity (Wildman–Crippen MR) is 129 cm³/mol. The summed E-state index contributed by atoms with van der Waals surface area (Å²) in [6.07, 6.45) is 5.23. The van der Waals surface area contributed by atoms with E-state index in [2.05, 4.69) is 15.3 Å². The largest absolute Gasteiger partial charge is 0.375 e. The van der Waals surface area contributed by atoms with Crippen LogP contribution in [0, 0.1) is 18.7 Å². The first-order valence-electron chi connectivity index (χ1n) is 11.0. The number of fused-ring (bicyclic) bond motifs is 2. The standard InChI is InChI=1S/C23H21FN6O2S2/c1-11-10-29-17(9-27-23(29)33-11)20(31)26-8-15-6-13-7-16(13)30(15)21(32)18-19(34-22(25)28-18)12-3-2-4-14(24)5-12/h2-5,9-10,13,15-16H,6-8H2,1H3,(H2,25,28)(H,26,31)/t13?,15-,16?/m0/s1. The Morgan fingerprint density at radius 1 is 1.29 bits per heavy atom. The number of halogens is 1. The molecular weight excluding hydrogens is 475 g/mol.